The molecule has 3 N–H and O–H groups in total. The van der Waals surface area contributed by atoms with Crippen LogP contribution in [-0.4, -0.2) is 39.9 Å². The minimum absolute atomic E-state index is 0.0430. The largest absolute Gasteiger partial charge is 0.466 e. The molecule has 3 rings (SSSR count). The smallest absolute Gasteiger partial charge is 0.336 e. The van der Waals surface area contributed by atoms with Gasteiger partial charge in [-0.3, -0.25) is 14.9 Å². The van der Waals surface area contributed by atoms with Crippen LogP contribution in [0.25, 0.3) is 5.57 Å². The van der Waals surface area contributed by atoms with E-state index >= 15 is 0 Å². The van der Waals surface area contributed by atoms with E-state index in [1.54, 1.807) is 19.9 Å². The maximum Gasteiger partial charge on any atom is 0.336 e. The number of hydrogen-bond acceptors (Lipinski definition) is 10. The van der Waals surface area contributed by atoms with Crippen LogP contribution in [0.3, 0.4) is 0 Å². The van der Waals surface area contributed by atoms with Crippen molar-refractivity contribution in [1.29, 1.82) is 0 Å². The third-order valence-electron chi connectivity index (χ3n) is 4.55. The Kier molecular flexibility index (Phi) is 6.39. The van der Waals surface area contributed by atoms with E-state index in [4.69, 9.17) is 14.9 Å². The molecule has 1 amide bonds. The van der Waals surface area contributed by atoms with E-state index in [0.29, 0.717) is 22.5 Å². The van der Waals surface area contributed by atoms with Crippen molar-refractivity contribution in [2.24, 2.45) is 5.73 Å². The molecule has 1 aliphatic rings. The molecule has 1 unspecified atom stereocenters. The SMILES string of the molecule is COC(=O)C1=C(C)NC(C)=C(c2nnc(SCC(N)=O)o2)C1c1cccc([N+](=O)[O-])c1. The molecule has 0 fully saturated rings. The van der Waals surface area contributed by atoms with Crippen LogP contribution in [0.1, 0.15) is 31.2 Å². The van der Waals surface area contributed by atoms with Crippen LogP contribution in [-0.2, 0) is 14.3 Å². The second-order valence-corrected chi connectivity index (χ2v) is 7.53. The van der Waals surface area contributed by atoms with Crippen molar-refractivity contribution < 1.29 is 23.7 Å². The minimum atomic E-state index is -0.761. The molecule has 0 saturated carbocycles. The second-order valence-electron chi connectivity index (χ2n) is 6.61. The number of allylic oxidation sites excluding steroid dienone is 3. The third-order valence-corrected chi connectivity index (χ3v) is 5.40. The van der Waals surface area contributed by atoms with Crippen LogP contribution >= 0.6 is 11.8 Å². The fourth-order valence-electron chi connectivity index (χ4n) is 3.32. The number of rotatable bonds is 7. The molecule has 1 aromatic heterocycles. The van der Waals surface area contributed by atoms with E-state index in [9.17, 15) is 19.7 Å². The van der Waals surface area contributed by atoms with Crippen molar-refractivity contribution in [2.45, 2.75) is 25.0 Å². The number of amides is 1. The summed E-state index contributed by atoms with van der Waals surface area (Å²) in [5, 5.41) is 22.5. The zero-order valence-electron chi connectivity index (χ0n) is 16.9. The highest BCUT2D eigenvalue weighted by molar-refractivity contribution is 7.99. The second kappa shape index (κ2) is 9.00. The number of thioether (sulfide) groups is 1. The Balaban J connectivity index is 2.15. The predicted molar refractivity (Wildman–Crippen MR) is 110 cm³/mol. The molecule has 31 heavy (non-hydrogen) atoms. The third kappa shape index (κ3) is 4.58. The molecule has 0 saturated heterocycles. The van der Waals surface area contributed by atoms with Crippen LogP contribution in [0, 0.1) is 10.1 Å². The van der Waals surface area contributed by atoms with Gasteiger partial charge in [-0.05, 0) is 19.4 Å². The molecule has 2 heterocycles. The maximum absolute atomic E-state index is 12.6. The summed E-state index contributed by atoms with van der Waals surface area (Å²) in [5.74, 6) is -1.85. The van der Waals surface area contributed by atoms with Crippen molar-refractivity contribution in [2.75, 3.05) is 12.9 Å². The molecule has 162 valence electrons. The molecule has 12 heteroatoms. The number of nitro groups is 1. The standard InChI is InChI=1S/C19H19N5O6S/c1-9-14(17-22-23-19(30-17)31-8-13(20)25)16(15(10(2)21-9)18(26)29-3)11-5-4-6-12(7-11)24(27)28/h4-7,16,21H,8H2,1-3H3,(H2,20,25). The van der Waals surface area contributed by atoms with Crippen molar-refractivity contribution in [3.8, 4) is 0 Å². The van der Waals surface area contributed by atoms with Crippen molar-refractivity contribution in [3.63, 3.8) is 0 Å². The first kappa shape index (κ1) is 22.0. The van der Waals surface area contributed by atoms with Gasteiger partial charge in [0.05, 0.1) is 29.3 Å². The lowest BCUT2D eigenvalue weighted by Gasteiger charge is -2.29. The molecule has 1 atom stereocenters. The number of hydrogen-bond donors (Lipinski definition) is 2. The van der Waals surface area contributed by atoms with Crippen LogP contribution in [0.4, 0.5) is 5.69 Å². The van der Waals surface area contributed by atoms with Crippen molar-refractivity contribution in [1.82, 2.24) is 15.5 Å². The molecule has 0 radical (unpaired) electrons. The van der Waals surface area contributed by atoms with Crippen molar-refractivity contribution in [3.05, 3.63) is 62.8 Å². The van der Waals surface area contributed by atoms with Gasteiger partial charge in [-0.25, -0.2) is 4.79 Å². The molecule has 1 aromatic carbocycles. The van der Waals surface area contributed by atoms with Crippen LogP contribution in [0.15, 0.2) is 50.9 Å². The number of nitrogens with zero attached hydrogens (tertiary/aromatic N) is 3. The first-order chi connectivity index (χ1) is 14.7. The van der Waals surface area contributed by atoms with Crippen LogP contribution in [0.2, 0.25) is 0 Å². The molecule has 11 nitrogen and oxygen atoms in total. The Hall–Kier alpha value is -3.67. The molecular formula is C19H19N5O6S. The molecular weight excluding hydrogens is 426 g/mol. The van der Waals surface area contributed by atoms with Gasteiger partial charge in [0.1, 0.15) is 0 Å². The number of ether oxygens (including phenoxy) is 1. The fourth-order valence-corrected chi connectivity index (χ4v) is 3.82. The number of methoxy groups -OCH3 is 1. The Bertz CT molecular complexity index is 1120. The number of dihydropyridines is 1. The lowest BCUT2D eigenvalue weighted by Crippen LogP contribution is -2.28. The number of nitrogens with one attached hydrogen (secondary N) is 1. The lowest BCUT2D eigenvalue weighted by atomic mass is 9.80. The van der Waals surface area contributed by atoms with E-state index in [1.165, 1.54) is 25.3 Å². The highest BCUT2D eigenvalue weighted by Crippen LogP contribution is 2.44. The number of primary amides is 1. The molecule has 0 bridgehead atoms. The maximum atomic E-state index is 12.6. The summed E-state index contributed by atoms with van der Waals surface area (Å²) in [6, 6.07) is 5.96. The summed E-state index contributed by atoms with van der Waals surface area (Å²) in [6.45, 7) is 3.47. The van der Waals surface area contributed by atoms with Crippen LogP contribution in [0.5, 0.6) is 0 Å². The van der Waals surface area contributed by atoms with E-state index < -0.39 is 22.7 Å². The monoisotopic (exact) mass is 445 g/mol. The topological polar surface area (TPSA) is 163 Å². The number of carbonyl (C=O) groups excluding carboxylic acids is 2. The average molecular weight is 445 g/mol. The molecule has 1 aliphatic heterocycles. The van der Waals surface area contributed by atoms with Gasteiger partial charge in [-0.2, -0.15) is 0 Å². The molecule has 2 aromatic rings. The highest BCUT2D eigenvalue weighted by Gasteiger charge is 2.37. The van der Waals surface area contributed by atoms with E-state index in [0.717, 1.165) is 11.8 Å². The van der Waals surface area contributed by atoms with E-state index in [1.807, 2.05) is 0 Å². The average Bonchev–Trinajstić information content (AvgIpc) is 3.19. The minimum Gasteiger partial charge on any atom is -0.466 e. The number of non-ortho nitro benzene ring substituents is 1. The summed E-state index contributed by atoms with van der Waals surface area (Å²) in [7, 11) is 1.25. The Morgan fingerprint density at radius 3 is 2.71 bits per heavy atom. The Morgan fingerprint density at radius 2 is 2.06 bits per heavy atom. The number of nitrogens with two attached hydrogens (primary N) is 1. The Morgan fingerprint density at radius 1 is 1.32 bits per heavy atom. The molecule has 0 spiro atoms. The predicted octanol–water partition coefficient (Wildman–Crippen LogP) is 2.12. The first-order valence-corrected chi connectivity index (χ1v) is 9.97. The van der Waals surface area contributed by atoms with Gasteiger partial charge >= 0.3 is 5.97 Å². The van der Waals surface area contributed by atoms with Gasteiger partial charge in [-0.1, -0.05) is 23.9 Å². The van der Waals surface area contributed by atoms with Gasteiger partial charge in [0, 0.05) is 29.1 Å². The summed E-state index contributed by atoms with van der Waals surface area (Å²) in [5.41, 5.74) is 7.38. The highest BCUT2D eigenvalue weighted by atomic mass is 32.2. The number of benzene rings is 1. The number of nitro benzene ring substituents is 1. The van der Waals surface area contributed by atoms with E-state index in [-0.39, 0.29) is 28.1 Å². The lowest BCUT2D eigenvalue weighted by molar-refractivity contribution is -0.384. The zero-order chi connectivity index (χ0) is 22.7. The Labute approximate surface area is 180 Å². The zero-order valence-corrected chi connectivity index (χ0v) is 17.7. The van der Waals surface area contributed by atoms with Crippen molar-refractivity contribution >= 4 is 34.9 Å². The van der Waals surface area contributed by atoms with Gasteiger partial charge in [0.15, 0.2) is 0 Å². The number of aromatic nitrogens is 2. The number of carbonyl (C=O) groups is 2. The summed E-state index contributed by atoms with van der Waals surface area (Å²) < 4.78 is 10.7. The fraction of sp³-hybridized carbons (Fsp3) is 0.263. The quantitative estimate of drug-likeness (QED) is 0.279. The summed E-state index contributed by atoms with van der Waals surface area (Å²) in [4.78, 5) is 34.5. The van der Waals surface area contributed by atoms with E-state index in [2.05, 4.69) is 15.5 Å². The normalized spacial score (nSPS) is 16.2. The van der Waals surface area contributed by atoms with Crippen LogP contribution < -0.4 is 11.1 Å². The first-order valence-electron chi connectivity index (χ1n) is 8.99. The van der Waals surface area contributed by atoms with Gasteiger partial charge in [0.2, 0.25) is 11.8 Å². The molecule has 0 aliphatic carbocycles. The summed E-state index contributed by atoms with van der Waals surface area (Å²) in [6.07, 6.45) is 0. The van der Waals surface area contributed by atoms with Gasteiger partial charge in [-0.15, -0.1) is 10.2 Å². The van der Waals surface area contributed by atoms with Gasteiger partial charge < -0.3 is 20.2 Å². The number of esters is 1. The van der Waals surface area contributed by atoms with Gasteiger partial charge in [0.25, 0.3) is 10.9 Å². The summed E-state index contributed by atoms with van der Waals surface area (Å²) >= 11 is 0.979.